The molecule has 3 rings (SSSR count). The molecule has 1 atom stereocenters. The van der Waals surface area contributed by atoms with Gasteiger partial charge in [-0.1, -0.05) is 42.0 Å². The molecular formula is C25H28O4. The molecule has 0 bridgehead atoms. The van der Waals surface area contributed by atoms with Gasteiger partial charge in [-0.3, -0.25) is 0 Å². The zero-order valence-electron chi connectivity index (χ0n) is 17.2. The molecule has 0 saturated carbocycles. The van der Waals surface area contributed by atoms with Gasteiger partial charge in [0.25, 0.3) is 0 Å². The lowest BCUT2D eigenvalue weighted by molar-refractivity contribution is 0.0534. The third-order valence-electron chi connectivity index (χ3n) is 4.80. The van der Waals surface area contributed by atoms with Crippen molar-refractivity contribution in [3.8, 4) is 22.6 Å². The van der Waals surface area contributed by atoms with Crippen LogP contribution < -0.4 is 9.47 Å². The third-order valence-corrected chi connectivity index (χ3v) is 4.80. The summed E-state index contributed by atoms with van der Waals surface area (Å²) in [4.78, 5) is 0. The Morgan fingerprint density at radius 1 is 0.793 bits per heavy atom. The number of rotatable bonds is 8. The Balaban J connectivity index is 1.70. The van der Waals surface area contributed by atoms with Gasteiger partial charge in [0, 0.05) is 0 Å². The first-order chi connectivity index (χ1) is 14.0. The molecule has 2 N–H and O–H groups in total. The number of aryl methyl sites for hydroxylation is 3. The van der Waals surface area contributed by atoms with Crippen LogP contribution in [0.1, 0.15) is 22.3 Å². The van der Waals surface area contributed by atoms with Gasteiger partial charge in [0.2, 0.25) is 0 Å². The molecule has 0 aliphatic rings. The molecular weight excluding hydrogens is 364 g/mol. The molecule has 0 spiro atoms. The van der Waals surface area contributed by atoms with E-state index < -0.39 is 6.10 Å². The van der Waals surface area contributed by atoms with Crippen LogP contribution in [-0.4, -0.2) is 29.5 Å². The van der Waals surface area contributed by atoms with E-state index in [-0.39, 0.29) is 13.2 Å². The normalized spacial score (nSPS) is 11.9. The van der Waals surface area contributed by atoms with Crippen LogP contribution in [0.4, 0.5) is 0 Å². The van der Waals surface area contributed by atoms with Gasteiger partial charge in [0.15, 0.2) is 0 Å². The second-order valence-corrected chi connectivity index (χ2v) is 7.39. The molecule has 0 aliphatic heterocycles. The molecule has 152 valence electrons. The molecule has 0 amide bonds. The maximum Gasteiger partial charge on any atom is 0.122 e. The molecule has 4 heteroatoms. The third kappa shape index (κ3) is 5.59. The van der Waals surface area contributed by atoms with Crippen molar-refractivity contribution in [2.24, 2.45) is 0 Å². The second kappa shape index (κ2) is 9.59. The van der Waals surface area contributed by atoms with Gasteiger partial charge in [0.1, 0.15) is 30.8 Å². The lowest BCUT2D eigenvalue weighted by atomic mass is 10.0. The van der Waals surface area contributed by atoms with Gasteiger partial charge in [-0.2, -0.15) is 0 Å². The molecule has 3 aromatic rings. The largest absolute Gasteiger partial charge is 0.491 e. The molecule has 4 nitrogen and oxygen atoms in total. The summed E-state index contributed by atoms with van der Waals surface area (Å²) in [6.45, 7) is 6.41. The average molecular weight is 392 g/mol. The summed E-state index contributed by atoms with van der Waals surface area (Å²) in [5.41, 5.74) is 6.64. The van der Waals surface area contributed by atoms with Crippen LogP contribution in [-0.2, 0) is 6.61 Å². The Hall–Kier alpha value is -2.82. The summed E-state index contributed by atoms with van der Waals surface area (Å²) in [5.74, 6) is 1.58. The van der Waals surface area contributed by atoms with Crippen molar-refractivity contribution >= 4 is 0 Å². The fourth-order valence-electron chi connectivity index (χ4n) is 3.18. The first-order valence-corrected chi connectivity index (χ1v) is 9.78. The van der Waals surface area contributed by atoms with E-state index in [0.29, 0.717) is 12.4 Å². The van der Waals surface area contributed by atoms with Crippen LogP contribution in [0.3, 0.4) is 0 Å². The fraction of sp³-hybridized carbons (Fsp3) is 0.280. The van der Waals surface area contributed by atoms with Gasteiger partial charge in [-0.25, -0.2) is 0 Å². The topological polar surface area (TPSA) is 58.9 Å². The standard InChI is InChI=1S/C25H28O4/c1-17-5-4-6-20(11-17)15-28-24-9-7-21(12-18(24)2)22-8-10-25(19(3)13-22)29-16-23(27)14-26/h4-13,23,26-27H,14-16H2,1-3H3. The van der Waals surface area contributed by atoms with Crippen molar-refractivity contribution in [3.05, 3.63) is 82.9 Å². The highest BCUT2D eigenvalue weighted by Gasteiger charge is 2.08. The second-order valence-electron chi connectivity index (χ2n) is 7.39. The van der Waals surface area contributed by atoms with Crippen LogP contribution in [0.5, 0.6) is 11.5 Å². The van der Waals surface area contributed by atoms with Crippen LogP contribution in [0.25, 0.3) is 11.1 Å². The van der Waals surface area contributed by atoms with Gasteiger partial charge in [-0.05, 0) is 72.9 Å². The van der Waals surface area contributed by atoms with Crippen LogP contribution in [0, 0.1) is 20.8 Å². The van der Waals surface area contributed by atoms with E-state index in [1.165, 1.54) is 5.56 Å². The number of ether oxygens (including phenoxy) is 2. The molecule has 29 heavy (non-hydrogen) atoms. The molecule has 0 radical (unpaired) electrons. The first-order valence-electron chi connectivity index (χ1n) is 9.78. The van der Waals surface area contributed by atoms with Gasteiger partial charge in [0.05, 0.1) is 6.61 Å². The van der Waals surface area contributed by atoms with E-state index in [0.717, 1.165) is 33.6 Å². The smallest absolute Gasteiger partial charge is 0.122 e. The molecule has 0 saturated heterocycles. The van der Waals surface area contributed by atoms with Gasteiger partial charge >= 0.3 is 0 Å². The van der Waals surface area contributed by atoms with E-state index in [9.17, 15) is 5.11 Å². The van der Waals surface area contributed by atoms with Crippen LogP contribution in [0.2, 0.25) is 0 Å². The Labute approximate surface area is 172 Å². The highest BCUT2D eigenvalue weighted by molar-refractivity contribution is 5.67. The number of hydrogen-bond acceptors (Lipinski definition) is 4. The SMILES string of the molecule is Cc1cccc(COc2ccc(-c3ccc(OCC(O)CO)c(C)c3)cc2C)c1. The average Bonchev–Trinajstić information content (AvgIpc) is 2.71. The minimum Gasteiger partial charge on any atom is -0.491 e. The maximum atomic E-state index is 9.44. The molecule has 0 aliphatic carbocycles. The van der Waals surface area contributed by atoms with Crippen molar-refractivity contribution in [2.75, 3.05) is 13.2 Å². The summed E-state index contributed by atoms with van der Waals surface area (Å²) >= 11 is 0. The predicted octanol–water partition coefficient (Wildman–Crippen LogP) is 4.59. The summed E-state index contributed by atoms with van der Waals surface area (Å²) in [5, 5.41) is 18.3. The Morgan fingerprint density at radius 2 is 1.41 bits per heavy atom. The predicted molar refractivity (Wildman–Crippen MR) is 115 cm³/mol. The Bertz CT molecular complexity index is 965. The molecule has 3 aromatic carbocycles. The van der Waals surface area contributed by atoms with Crippen molar-refractivity contribution in [1.29, 1.82) is 0 Å². The Morgan fingerprint density at radius 3 is 1.97 bits per heavy atom. The summed E-state index contributed by atoms with van der Waals surface area (Å²) < 4.78 is 11.6. The summed E-state index contributed by atoms with van der Waals surface area (Å²) in [6, 6.07) is 20.5. The van der Waals surface area contributed by atoms with E-state index in [2.05, 4.69) is 50.2 Å². The first kappa shape index (κ1) is 20.9. The van der Waals surface area contributed by atoms with E-state index in [4.69, 9.17) is 14.6 Å². The zero-order chi connectivity index (χ0) is 20.8. The highest BCUT2D eigenvalue weighted by Crippen LogP contribution is 2.30. The zero-order valence-corrected chi connectivity index (χ0v) is 17.2. The molecule has 1 unspecified atom stereocenters. The van der Waals surface area contributed by atoms with Gasteiger partial charge in [-0.15, -0.1) is 0 Å². The highest BCUT2D eigenvalue weighted by atomic mass is 16.5. The van der Waals surface area contributed by atoms with E-state index in [1.54, 1.807) is 0 Å². The van der Waals surface area contributed by atoms with E-state index >= 15 is 0 Å². The monoisotopic (exact) mass is 392 g/mol. The minimum atomic E-state index is -0.871. The van der Waals surface area contributed by atoms with Crippen LogP contribution >= 0.6 is 0 Å². The molecule has 0 aromatic heterocycles. The number of aliphatic hydroxyl groups is 2. The maximum absolute atomic E-state index is 9.44. The lowest BCUT2D eigenvalue weighted by Crippen LogP contribution is -2.21. The van der Waals surface area contributed by atoms with Crippen molar-refractivity contribution in [3.63, 3.8) is 0 Å². The van der Waals surface area contributed by atoms with Crippen molar-refractivity contribution in [1.82, 2.24) is 0 Å². The van der Waals surface area contributed by atoms with E-state index in [1.807, 2.05) is 31.2 Å². The van der Waals surface area contributed by atoms with Crippen molar-refractivity contribution < 1.29 is 19.7 Å². The lowest BCUT2D eigenvalue weighted by Gasteiger charge is -2.14. The number of aliphatic hydroxyl groups excluding tert-OH is 2. The van der Waals surface area contributed by atoms with Gasteiger partial charge < -0.3 is 19.7 Å². The molecule has 0 heterocycles. The number of benzene rings is 3. The fourth-order valence-corrected chi connectivity index (χ4v) is 3.18. The quantitative estimate of drug-likeness (QED) is 0.589. The summed E-state index contributed by atoms with van der Waals surface area (Å²) in [6.07, 6.45) is -0.871. The van der Waals surface area contributed by atoms with Crippen molar-refractivity contribution in [2.45, 2.75) is 33.5 Å². The molecule has 0 fully saturated rings. The minimum absolute atomic E-state index is 0.0722. The Kier molecular flexibility index (Phi) is 6.91. The van der Waals surface area contributed by atoms with Crippen LogP contribution in [0.15, 0.2) is 60.7 Å². The summed E-state index contributed by atoms with van der Waals surface area (Å²) in [7, 11) is 0. The number of hydrogen-bond donors (Lipinski definition) is 2.